The van der Waals surface area contributed by atoms with Crippen LogP contribution in [0.1, 0.15) is 28.0 Å². The third-order valence-electron chi connectivity index (χ3n) is 3.02. The Balaban J connectivity index is 2.32. The molecule has 3 N–H and O–H groups in total. The molecule has 2 aromatic rings. The van der Waals surface area contributed by atoms with Crippen LogP contribution in [-0.2, 0) is 6.18 Å². The summed E-state index contributed by atoms with van der Waals surface area (Å²) < 4.78 is 38.1. The van der Waals surface area contributed by atoms with Crippen LogP contribution in [0.3, 0.4) is 0 Å². The van der Waals surface area contributed by atoms with Crippen molar-refractivity contribution in [3.63, 3.8) is 0 Å². The summed E-state index contributed by atoms with van der Waals surface area (Å²) in [5, 5.41) is 10.2. The number of halogens is 3. The molecule has 2 rings (SSSR count). The largest absolute Gasteiger partial charge is 0.416 e. The molecule has 0 fully saturated rings. The van der Waals surface area contributed by atoms with Gasteiger partial charge < -0.3 is 10.8 Å². The Hall–Kier alpha value is -1.44. The minimum Gasteiger partial charge on any atom is -0.387 e. The van der Waals surface area contributed by atoms with Gasteiger partial charge in [0.15, 0.2) is 0 Å². The lowest BCUT2D eigenvalue weighted by Gasteiger charge is -2.21. The molecule has 0 spiro atoms. The number of nitrogens with two attached hydrogens (primary N) is 1. The van der Waals surface area contributed by atoms with Gasteiger partial charge in [-0.25, -0.2) is 0 Å². The molecule has 3 nitrogen and oxygen atoms in total. The molecule has 0 bridgehead atoms. The van der Waals surface area contributed by atoms with E-state index >= 15 is 0 Å². The minimum atomic E-state index is -4.41. The summed E-state index contributed by atoms with van der Waals surface area (Å²) in [4.78, 5) is 4.43. The van der Waals surface area contributed by atoms with E-state index in [-0.39, 0.29) is 6.54 Å². The minimum absolute atomic E-state index is 0.0420. The number of aliphatic hydroxyl groups is 1. The first-order valence-electron chi connectivity index (χ1n) is 5.87. The molecule has 0 aliphatic heterocycles. The van der Waals surface area contributed by atoms with Gasteiger partial charge in [-0.3, -0.25) is 4.98 Å². The van der Waals surface area contributed by atoms with Crippen molar-refractivity contribution in [1.29, 1.82) is 0 Å². The molecule has 1 aromatic heterocycles. The maximum absolute atomic E-state index is 12.7. The number of benzene rings is 1. The zero-order chi connectivity index (χ0) is 14.8. The Morgan fingerprint density at radius 1 is 1.35 bits per heavy atom. The average Bonchev–Trinajstić information content (AvgIpc) is 2.93. The number of alkyl halides is 3. The number of nitrogens with zero attached hydrogens (tertiary/aromatic N) is 1. The summed E-state index contributed by atoms with van der Waals surface area (Å²) in [7, 11) is 0. The maximum Gasteiger partial charge on any atom is 0.416 e. The lowest BCUT2D eigenvalue weighted by Crippen LogP contribution is -2.20. The first kappa shape index (κ1) is 15.0. The van der Waals surface area contributed by atoms with Gasteiger partial charge in [-0.2, -0.15) is 13.2 Å². The molecule has 0 aliphatic rings. The highest BCUT2D eigenvalue weighted by Gasteiger charge is 2.32. The van der Waals surface area contributed by atoms with E-state index in [4.69, 9.17) is 5.73 Å². The van der Waals surface area contributed by atoms with Crippen LogP contribution in [0.5, 0.6) is 0 Å². The van der Waals surface area contributed by atoms with Crippen molar-refractivity contribution in [2.24, 2.45) is 5.73 Å². The van der Waals surface area contributed by atoms with E-state index < -0.39 is 23.8 Å². The Morgan fingerprint density at radius 2 is 2.10 bits per heavy atom. The second-order valence-corrected chi connectivity index (χ2v) is 5.23. The molecule has 0 saturated heterocycles. The molecule has 2 atom stereocenters. The standard InChI is InChI=1S/C13H13F3N2OS/c14-13(15,16)9-3-1-2-8(4-9)10(5-17)12(19)11-6-18-7-20-11/h1-4,6-7,10,12,19H,5,17H2. The third-order valence-corrected chi connectivity index (χ3v) is 3.87. The van der Waals surface area contributed by atoms with Gasteiger partial charge in [0.2, 0.25) is 0 Å². The summed E-state index contributed by atoms with van der Waals surface area (Å²) in [6.07, 6.45) is -3.88. The van der Waals surface area contributed by atoms with E-state index in [0.717, 1.165) is 12.1 Å². The van der Waals surface area contributed by atoms with Crippen molar-refractivity contribution < 1.29 is 18.3 Å². The van der Waals surface area contributed by atoms with Crippen molar-refractivity contribution in [3.05, 3.63) is 52.0 Å². The number of hydrogen-bond acceptors (Lipinski definition) is 4. The van der Waals surface area contributed by atoms with E-state index in [1.54, 1.807) is 5.51 Å². The second kappa shape index (κ2) is 5.90. The third kappa shape index (κ3) is 3.17. The highest BCUT2D eigenvalue weighted by atomic mass is 32.1. The highest BCUT2D eigenvalue weighted by molar-refractivity contribution is 7.09. The molecule has 1 aromatic carbocycles. The molecular weight excluding hydrogens is 289 g/mol. The number of aliphatic hydroxyl groups excluding tert-OH is 1. The SMILES string of the molecule is NCC(c1cccc(C(F)(F)F)c1)C(O)c1cncs1. The molecular formula is C13H13F3N2OS. The fraction of sp³-hybridized carbons (Fsp3) is 0.308. The van der Waals surface area contributed by atoms with Crippen LogP contribution in [-0.4, -0.2) is 16.6 Å². The van der Waals surface area contributed by atoms with Crippen molar-refractivity contribution >= 4 is 11.3 Å². The van der Waals surface area contributed by atoms with Crippen LogP contribution in [0.2, 0.25) is 0 Å². The topological polar surface area (TPSA) is 59.1 Å². The van der Waals surface area contributed by atoms with Crippen LogP contribution in [0.15, 0.2) is 36.0 Å². The number of rotatable bonds is 4. The maximum atomic E-state index is 12.7. The Morgan fingerprint density at radius 3 is 2.65 bits per heavy atom. The number of aromatic nitrogens is 1. The molecule has 0 aliphatic carbocycles. The number of thiazole rings is 1. The fourth-order valence-electron chi connectivity index (χ4n) is 1.96. The van der Waals surface area contributed by atoms with Crippen molar-refractivity contribution in [1.82, 2.24) is 4.98 Å². The Kier molecular flexibility index (Phi) is 4.42. The molecule has 0 saturated carbocycles. The van der Waals surface area contributed by atoms with Crippen LogP contribution in [0, 0.1) is 0 Å². The Labute approximate surface area is 117 Å². The van der Waals surface area contributed by atoms with Gasteiger partial charge in [0, 0.05) is 18.7 Å². The molecule has 2 unspecified atom stereocenters. The predicted molar refractivity (Wildman–Crippen MR) is 70.3 cm³/mol. The molecule has 0 amide bonds. The molecule has 0 radical (unpaired) electrons. The molecule has 20 heavy (non-hydrogen) atoms. The zero-order valence-corrected chi connectivity index (χ0v) is 11.2. The van der Waals surface area contributed by atoms with Gasteiger partial charge in [-0.15, -0.1) is 11.3 Å². The monoisotopic (exact) mass is 302 g/mol. The van der Waals surface area contributed by atoms with Crippen LogP contribution in [0.25, 0.3) is 0 Å². The summed E-state index contributed by atoms with van der Waals surface area (Å²) in [5.41, 5.74) is 6.79. The van der Waals surface area contributed by atoms with Crippen molar-refractivity contribution in [2.45, 2.75) is 18.2 Å². The molecule has 7 heteroatoms. The van der Waals surface area contributed by atoms with Gasteiger partial charge in [0.25, 0.3) is 0 Å². The van der Waals surface area contributed by atoms with E-state index in [1.807, 2.05) is 0 Å². The Bertz CT molecular complexity index is 557. The zero-order valence-electron chi connectivity index (χ0n) is 10.3. The van der Waals surface area contributed by atoms with E-state index in [1.165, 1.54) is 29.7 Å². The van der Waals surface area contributed by atoms with Crippen LogP contribution in [0.4, 0.5) is 13.2 Å². The summed E-state index contributed by atoms with van der Waals surface area (Å²) in [6, 6.07) is 4.88. The summed E-state index contributed by atoms with van der Waals surface area (Å²) in [6.45, 7) is 0.0420. The highest BCUT2D eigenvalue weighted by Crippen LogP contribution is 2.35. The van der Waals surface area contributed by atoms with Gasteiger partial charge in [-0.05, 0) is 11.6 Å². The molecule has 108 valence electrons. The van der Waals surface area contributed by atoms with Crippen LogP contribution >= 0.6 is 11.3 Å². The van der Waals surface area contributed by atoms with Gasteiger partial charge >= 0.3 is 6.18 Å². The smallest absolute Gasteiger partial charge is 0.387 e. The lowest BCUT2D eigenvalue weighted by atomic mass is 9.91. The second-order valence-electron chi connectivity index (χ2n) is 4.31. The van der Waals surface area contributed by atoms with E-state index in [9.17, 15) is 18.3 Å². The molecule has 1 heterocycles. The predicted octanol–water partition coefficient (Wildman–Crippen LogP) is 2.94. The lowest BCUT2D eigenvalue weighted by molar-refractivity contribution is -0.137. The van der Waals surface area contributed by atoms with E-state index in [0.29, 0.717) is 10.4 Å². The number of hydrogen-bond donors (Lipinski definition) is 2. The average molecular weight is 302 g/mol. The first-order chi connectivity index (χ1) is 9.43. The van der Waals surface area contributed by atoms with Gasteiger partial charge in [0.05, 0.1) is 22.1 Å². The fourth-order valence-corrected chi connectivity index (χ4v) is 2.63. The van der Waals surface area contributed by atoms with Crippen molar-refractivity contribution in [2.75, 3.05) is 6.54 Å². The van der Waals surface area contributed by atoms with Gasteiger partial charge in [0.1, 0.15) is 0 Å². The normalized spacial score (nSPS) is 15.1. The van der Waals surface area contributed by atoms with Gasteiger partial charge in [-0.1, -0.05) is 18.2 Å². The van der Waals surface area contributed by atoms with Crippen LogP contribution < -0.4 is 5.73 Å². The van der Waals surface area contributed by atoms with Crippen molar-refractivity contribution in [3.8, 4) is 0 Å². The summed E-state index contributed by atoms with van der Waals surface area (Å²) in [5.74, 6) is -0.599. The quantitative estimate of drug-likeness (QED) is 0.913. The van der Waals surface area contributed by atoms with E-state index in [2.05, 4.69) is 4.98 Å². The summed E-state index contributed by atoms with van der Waals surface area (Å²) >= 11 is 1.24. The first-order valence-corrected chi connectivity index (χ1v) is 6.75.